The van der Waals surface area contributed by atoms with E-state index in [2.05, 4.69) is 24.9 Å². The number of aliphatic hydroxyl groups is 2. The quantitative estimate of drug-likeness (QED) is 0.0504. The van der Waals surface area contributed by atoms with Crippen LogP contribution in [0.25, 0.3) is 0 Å². The fourth-order valence-corrected chi connectivity index (χ4v) is 12.2. The number of hydrogen-bond donors (Lipinski definition) is 7. The predicted octanol–water partition coefficient (Wildman–Crippen LogP) is 4.78. The monoisotopic (exact) mass is 1090 g/mol. The van der Waals surface area contributed by atoms with E-state index in [1.165, 1.54) is 44.1 Å². The van der Waals surface area contributed by atoms with Crippen molar-refractivity contribution in [1.29, 1.82) is 0 Å². The number of amides is 1. The highest BCUT2D eigenvalue weighted by Crippen LogP contribution is 2.32. The first kappa shape index (κ1) is 60.4. The number of carbonyl (C=O) groups excluding carboxylic acids is 3. The minimum Gasteiger partial charge on any atom is -0.478 e. The molecule has 2 aromatic carbocycles. The van der Waals surface area contributed by atoms with E-state index in [1.807, 2.05) is 0 Å². The van der Waals surface area contributed by atoms with Gasteiger partial charge in [-0.1, -0.05) is 36.0 Å². The summed E-state index contributed by atoms with van der Waals surface area (Å²) in [6, 6.07) is 5.81. The van der Waals surface area contributed by atoms with E-state index in [0.717, 1.165) is 123 Å². The van der Waals surface area contributed by atoms with Crippen LogP contribution in [-0.2, 0) is 41.8 Å². The van der Waals surface area contributed by atoms with Gasteiger partial charge in [0.2, 0.25) is 0 Å². The third-order valence-corrected chi connectivity index (χ3v) is 16.5. The van der Waals surface area contributed by atoms with Crippen molar-refractivity contribution in [3.8, 4) is 0 Å². The number of hydrogen-bond acceptors (Lipinski definition) is 17. The molecule has 0 radical (unpaired) electrons. The molecule has 21 heteroatoms. The van der Waals surface area contributed by atoms with Gasteiger partial charge in [-0.3, -0.25) is 24.2 Å². The van der Waals surface area contributed by atoms with Crippen molar-refractivity contribution in [3.05, 3.63) is 56.6 Å². The third-order valence-electron chi connectivity index (χ3n) is 15.9. The Hall–Kier alpha value is -3.86. The van der Waals surface area contributed by atoms with Gasteiger partial charge in [0.05, 0.1) is 52.6 Å². The maximum Gasteiger partial charge on any atom is 0.337 e. The van der Waals surface area contributed by atoms with Crippen LogP contribution in [0.3, 0.4) is 0 Å². The molecule has 4 bridgehead atoms. The molecular formula is C54H84Cl2N8O11. The lowest BCUT2D eigenvalue weighted by atomic mass is 9.86. The van der Waals surface area contributed by atoms with Crippen LogP contribution >= 0.6 is 23.2 Å². The van der Waals surface area contributed by atoms with Crippen molar-refractivity contribution in [3.63, 3.8) is 0 Å². The van der Waals surface area contributed by atoms with E-state index in [0.29, 0.717) is 48.2 Å². The third kappa shape index (κ3) is 18.1. The molecule has 8 aliphatic heterocycles. The molecule has 10 N–H and O–H groups in total. The second-order valence-electron chi connectivity index (χ2n) is 21.1. The van der Waals surface area contributed by atoms with E-state index in [1.54, 1.807) is 20.3 Å². The first-order valence-electron chi connectivity index (χ1n) is 27.1. The number of esters is 2. The molecule has 10 rings (SSSR count). The van der Waals surface area contributed by atoms with Crippen molar-refractivity contribution >= 4 is 58.4 Å². The number of nitrogen functional groups attached to an aromatic ring is 2. The lowest BCUT2D eigenvalue weighted by Gasteiger charge is -2.43. The molecular weight excluding hydrogens is 1010 g/mol. The van der Waals surface area contributed by atoms with Gasteiger partial charge in [-0.05, 0) is 157 Å². The van der Waals surface area contributed by atoms with Crippen LogP contribution in [-0.4, -0.2) is 188 Å². The Morgan fingerprint density at radius 2 is 1.05 bits per heavy atom. The van der Waals surface area contributed by atoms with E-state index < -0.39 is 12.6 Å². The number of aromatic carboxylic acids is 1. The summed E-state index contributed by atoms with van der Waals surface area (Å²) in [4.78, 5) is 57.7. The average molecular weight is 1090 g/mol. The predicted molar refractivity (Wildman–Crippen MR) is 288 cm³/mol. The number of nitrogens with zero attached hydrogens (tertiary/aromatic N) is 4. The normalized spacial score (nSPS) is 27.3. The molecule has 420 valence electrons. The number of aliphatic hydroxyl groups excluding tert-OH is 2. The zero-order chi connectivity index (χ0) is 54.0. The molecule has 8 heterocycles. The van der Waals surface area contributed by atoms with Crippen molar-refractivity contribution in [2.75, 3.05) is 104 Å². The standard InChI is InChI=1S/C27H41ClN4O5.C19H35N3O3.C8H8ClNO3/c1-36-24-16-31(9-4-2-3-5-25(34)37-23-15-32-10-6-18(23)7-11-32)12-8-22(24)30-27(35)26-19(17-33)13-20(29)14-21(26)28;1-24-18-14-21(12-8-16(18)20)9-4-2-3-5-19(23)25-17-13-22-10-6-15(17)7-11-22;9-6-2-5(10)1-4(3-11)7(6)8(12)13/h13-14,18,22-24,33H,2-12,15-17,29H2,1H3,(H,30,35);15-18H,2-14,20H2,1H3;1-2,11H,3,10H2,(H,12,13)/t22-,23?,24+;16-,17?,18+;/m11./s1. The number of unbranched alkanes of at least 4 members (excludes halogenated alkanes) is 4. The van der Waals surface area contributed by atoms with Crippen LogP contribution < -0.4 is 22.5 Å². The average Bonchev–Trinajstić information content (AvgIpc) is 3.39. The molecule has 6 atom stereocenters. The summed E-state index contributed by atoms with van der Waals surface area (Å²) in [6.45, 7) is 11.3. The number of ether oxygens (including phenoxy) is 4. The van der Waals surface area contributed by atoms with Crippen molar-refractivity contribution in [2.24, 2.45) is 17.6 Å². The summed E-state index contributed by atoms with van der Waals surface area (Å²) in [6.07, 6.45) is 13.7. The molecule has 1 amide bonds. The van der Waals surface area contributed by atoms with Crippen LogP contribution in [0.2, 0.25) is 10.0 Å². The molecule has 0 saturated carbocycles. The zero-order valence-corrected chi connectivity index (χ0v) is 45.6. The second-order valence-corrected chi connectivity index (χ2v) is 21.9. The Morgan fingerprint density at radius 1 is 0.600 bits per heavy atom. The molecule has 0 aromatic heterocycles. The van der Waals surface area contributed by atoms with Gasteiger partial charge in [-0.15, -0.1) is 0 Å². The Kier molecular flexibility index (Phi) is 24.4. The Bertz CT molecular complexity index is 2160. The number of anilines is 2. The zero-order valence-electron chi connectivity index (χ0n) is 44.1. The van der Waals surface area contributed by atoms with Crippen LogP contribution in [0, 0.1) is 11.8 Å². The summed E-state index contributed by atoms with van der Waals surface area (Å²) in [5.41, 5.74) is 18.8. The topological polar surface area (TPSA) is 269 Å². The van der Waals surface area contributed by atoms with Gasteiger partial charge in [0.1, 0.15) is 12.2 Å². The van der Waals surface area contributed by atoms with Crippen LogP contribution in [0.5, 0.6) is 0 Å². The number of carboxylic acids is 1. The fourth-order valence-electron chi connectivity index (χ4n) is 11.5. The smallest absolute Gasteiger partial charge is 0.337 e. The number of nitrogens with two attached hydrogens (primary N) is 3. The van der Waals surface area contributed by atoms with Gasteiger partial charge in [-0.2, -0.15) is 0 Å². The van der Waals surface area contributed by atoms with Crippen LogP contribution in [0.15, 0.2) is 24.3 Å². The molecule has 19 nitrogen and oxygen atoms in total. The summed E-state index contributed by atoms with van der Waals surface area (Å²) < 4.78 is 22.7. The number of halogens is 2. The molecule has 2 aromatic rings. The van der Waals surface area contributed by atoms with Gasteiger partial charge in [0.15, 0.2) is 0 Å². The molecule has 8 aliphatic rings. The maximum absolute atomic E-state index is 13.0. The van der Waals surface area contributed by atoms with Crippen molar-refractivity contribution in [1.82, 2.24) is 24.9 Å². The highest BCUT2D eigenvalue weighted by molar-refractivity contribution is 6.34. The highest BCUT2D eigenvalue weighted by Gasteiger charge is 2.38. The van der Waals surface area contributed by atoms with Gasteiger partial charge >= 0.3 is 17.9 Å². The molecule has 8 saturated heterocycles. The fraction of sp³-hybridized carbons (Fsp3) is 0.704. The molecule has 75 heavy (non-hydrogen) atoms. The lowest BCUT2D eigenvalue weighted by Crippen LogP contribution is -2.55. The molecule has 2 unspecified atom stereocenters. The minimum absolute atomic E-state index is 0.00198. The van der Waals surface area contributed by atoms with Gasteiger partial charge in [0, 0.05) is 77.2 Å². The van der Waals surface area contributed by atoms with E-state index in [4.69, 9.17) is 69.6 Å². The lowest BCUT2D eigenvalue weighted by molar-refractivity contribution is -0.159. The van der Waals surface area contributed by atoms with Crippen molar-refractivity contribution in [2.45, 2.75) is 140 Å². The molecule has 0 aliphatic carbocycles. The molecule has 0 spiro atoms. The number of fused-ring (bicyclic) bond motifs is 6. The largest absolute Gasteiger partial charge is 0.478 e. The van der Waals surface area contributed by atoms with Crippen molar-refractivity contribution < 1.29 is 53.4 Å². The minimum atomic E-state index is -1.17. The van der Waals surface area contributed by atoms with Gasteiger partial charge < -0.3 is 66.6 Å². The van der Waals surface area contributed by atoms with Gasteiger partial charge in [-0.25, -0.2) is 4.79 Å². The summed E-state index contributed by atoms with van der Waals surface area (Å²) >= 11 is 11.9. The maximum atomic E-state index is 13.0. The second kappa shape index (κ2) is 30.3. The number of benzene rings is 2. The van der Waals surface area contributed by atoms with E-state index in [-0.39, 0.29) is 87.7 Å². The summed E-state index contributed by atoms with van der Waals surface area (Å²) in [5.74, 6) is -0.403. The first-order valence-corrected chi connectivity index (χ1v) is 27.9. The number of nitrogens with one attached hydrogen (secondary N) is 1. The Balaban J connectivity index is 0.000000206. The first-order chi connectivity index (χ1) is 36.1. The SMILES string of the molecule is CO[C@H]1CN(CCCCCC(=O)OC2CN3CCC2CC3)CC[C@H]1N.CO[C@H]1CN(CCCCCC(=O)OC2CN3CCC2CC3)CC[C@H]1NC(=O)c1c(Cl)cc(N)cc1CO.Nc1cc(Cl)c(C(=O)O)c(CO)c1. The van der Waals surface area contributed by atoms with Gasteiger partial charge in [0.25, 0.3) is 5.91 Å². The number of carbonyl (C=O) groups is 4. The summed E-state index contributed by atoms with van der Waals surface area (Å²) in [5, 5.41) is 30.5. The number of likely N-dealkylation sites (tertiary alicyclic amines) is 2. The van der Waals surface area contributed by atoms with Crippen LogP contribution in [0.4, 0.5) is 11.4 Å². The number of piperidine rings is 8. The van der Waals surface area contributed by atoms with E-state index in [9.17, 15) is 24.3 Å². The van der Waals surface area contributed by atoms with E-state index >= 15 is 0 Å². The molecule has 8 fully saturated rings. The highest BCUT2D eigenvalue weighted by atomic mass is 35.5. The number of carboxylic acid groups (broad SMARTS) is 1. The summed E-state index contributed by atoms with van der Waals surface area (Å²) in [7, 11) is 3.40. The Morgan fingerprint density at radius 3 is 1.49 bits per heavy atom. The number of methoxy groups -OCH3 is 2. The Labute approximate surface area is 452 Å². The number of rotatable bonds is 21. The van der Waals surface area contributed by atoms with Crippen LogP contribution in [0.1, 0.15) is 122 Å².